The number of hydrogen-bond donors (Lipinski definition) is 2. The summed E-state index contributed by atoms with van der Waals surface area (Å²) >= 11 is 11.9. The van der Waals surface area contributed by atoms with Gasteiger partial charge in [-0.05, 0) is 30.7 Å². The van der Waals surface area contributed by atoms with Gasteiger partial charge in [-0.2, -0.15) is 5.10 Å². The Balaban J connectivity index is 2.06. The van der Waals surface area contributed by atoms with E-state index in [0.29, 0.717) is 16.5 Å². The fourth-order valence-corrected chi connectivity index (χ4v) is 2.60. The van der Waals surface area contributed by atoms with Gasteiger partial charge in [-0.15, -0.1) is 0 Å². The summed E-state index contributed by atoms with van der Waals surface area (Å²) in [7, 11) is 0. The Morgan fingerprint density at radius 3 is 2.48 bits per heavy atom. The molecule has 27 heavy (non-hydrogen) atoms. The summed E-state index contributed by atoms with van der Waals surface area (Å²) in [5, 5.41) is 13.7. The van der Waals surface area contributed by atoms with Crippen LogP contribution in [0.2, 0.25) is 10.0 Å². The van der Waals surface area contributed by atoms with Crippen LogP contribution in [0.15, 0.2) is 53.6 Å². The number of halogens is 2. The Morgan fingerprint density at radius 1 is 1.15 bits per heavy atom. The number of aliphatic carboxylic acids is 1. The number of nitrogens with zero attached hydrogens (tertiary/aromatic N) is 1. The number of hydrazone groups is 1. The van der Waals surface area contributed by atoms with E-state index in [0.717, 1.165) is 5.56 Å². The number of hydrogen-bond acceptors (Lipinski definition) is 4. The summed E-state index contributed by atoms with van der Waals surface area (Å²) in [6.45, 7) is 1.55. The van der Waals surface area contributed by atoms with E-state index in [1.54, 1.807) is 31.2 Å². The van der Waals surface area contributed by atoms with Crippen molar-refractivity contribution in [1.29, 1.82) is 0 Å². The zero-order valence-electron chi connectivity index (χ0n) is 14.5. The normalized spacial score (nSPS) is 12.3. The van der Waals surface area contributed by atoms with E-state index in [-0.39, 0.29) is 17.9 Å². The first kappa shape index (κ1) is 20.7. The van der Waals surface area contributed by atoms with Crippen molar-refractivity contribution in [3.8, 4) is 5.75 Å². The Morgan fingerprint density at radius 2 is 1.85 bits per heavy atom. The summed E-state index contributed by atoms with van der Waals surface area (Å²) in [4.78, 5) is 23.1. The molecular weight excluding hydrogens is 391 g/mol. The van der Waals surface area contributed by atoms with E-state index in [9.17, 15) is 9.59 Å². The SMILES string of the molecule is CC(Oc1ccc(Cl)cc1Cl)C(=O)N/N=C(\CCC(=O)O)c1ccccc1. The number of carboxylic acid groups (broad SMARTS) is 1. The Labute approximate surface area is 166 Å². The quantitative estimate of drug-likeness (QED) is 0.507. The second kappa shape index (κ2) is 9.94. The highest BCUT2D eigenvalue weighted by molar-refractivity contribution is 6.35. The number of rotatable bonds is 8. The topological polar surface area (TPSA) is 88.0 Å². The molecule has 0 fully saturated rings. The van der Waals surface area contributed by atoms with Crippen LogP contribution in [0.4, 0.5) is 0 Å². The molecule has 0 radical (unpaired) electrons. The highest BCUT2D eigenvalue weighted by atomic mass is 35.5. The first-order chi connectivity index (χ1) is 12.9. The third-order valence-electron chi connectivity index (χ3n) is 3.55. The fourth-order valence-electron chi connectivity index (χ4n) is 2.15. The monoisotopic (exact) mass is 408 g/mol. The number of ether oxygens (including phenoxy) is 1. The van der Waals surface area contributed by atoms with Gasteiger partial charge < -0.3 is 9.84 Å². The molecule has 1 atom stereocenters. The molecule has 1 amide bonds. The molecule has 0 aromatic heterocycles. The molecule has 2 rings (SSSR count). The Bertz CT molecular complexity index is 841. The number of benzene rings is 2. The molecule has 2 aromatic carbocycles. The minimum atomic E-state index is -0.945. The summed E-state index contributed by atoms with van der Waals surface area (Å²) in [6.07, 6.45) is -0.794. The first-order valence-electron chi connectivity index (χ1n) is 8.12. The standard InChI is InChI=1S/C19H18Cl2N2O4/c1-12(27-17-9-7-14(20)11-15(17)21)19(26)23-22-16(8-10-18(24)25)13-5-3-2-4-6-13/h2-7,9,11-12H,8,10H2,1H3,(H,23,26)(H,24,25)/b22-16+. The number of carbonyl (C=O) groups is 2. The number of amides is 1. The van der Waals surface area contributed by atoms with Gasteiger partial charge in [0.1, 0.15) is 5.75 Å². The van der Waals surface area contributed by atoms with E-state index in [4.69, 9.17) is 33.0 Å². The lowest BCUT2D eigenvalue weighted by Gasteiger charge is -2.15. The highest BCUT2D eigenvalue weighted by Crippen LogP contribution is 2.28. The minimum Gasteiger partial charge on any atom is -0.481 e. The molecule has 0 heterocycles. The van der Waals surface area contributed by atoms with E-state index in [1.807, 2.05) is 18.2 Å². The van der Waals surface area contributed by atoms with Crippen LogP contribution in [0, 0.1) is 0 Å². The van der Waals surface area contributed by atoms with Crippen LogP contribution in [0.1, 0.15) is 25.3 Å². The molecule has 0 bridgehead atoms. The van der Waals surface area contributed by atoms with E-state index < -0.39 is 18.0 Å². The van der Waals surface area contributed by atoms with Crippen molar-refractivity contribution in [3.63, 3.8) is 0 Å². The summed E-state index contributed by atoms with van der Waals surface area (Å²) in [5.74, 6) is -1.12. The van der Waals surface area contributed by atoms with Gasteiger partial charge >= 0.3 is 5.97 Å². The molecular formula is C19H18Cl2N2O4. The fraction of sp³-hybridized carbons (Fsp3) is 0.211. The van der Waals surface area contributed by atoms with Crippen LogP contribution in [-0.4, -0.2) is 28.8 Å². The van der Waals surface area contributed by atoms with E-state index in [1.165, 1.54) is 6.07 Å². The van der Waals surface area contributed by atoms with Gasteiger partial charge in [0.15, 0.2) is 6.10 Å². The smallest absolute Gasteiger partial charge is 0.303 e. The number of carbonyl (C=O) groups excluding carboxylic acids is 1. The maximum absolute atomic E-state index is 12.3. The number of carboxylic acids is 1. The summed E-state index contributed by atoms with van der Waals surface area (Å²) < 4.78 is 5.53. The van der Waals surface area contributed by atoms with Crippen LogP contribution in [0.5, 0.6) is 5.75 Å². The predicted molar refractivity (Wildman–Crippen MR) is 105 cm³/mol. The van der Waals surface area contributed by atoms with Gasteiger partial charge in [-0.25, -0.2) is 5.43 Å². The van der Waals surface area contributed by atoms with Gasteiger partial charge in [-0.1, -0.05) is 53.5 Å². The second-order valence-electron chi connectivity index (χ2n) is 5.63. The molecule has 0 aliphatic carbocycles. The first-order valence-corrected chi connectivity index (χ1v) is 8.87. The molecule has 1 unspecified atom stereocenters. The Kier molecular flexibility index (Phi) is 7.64. The van der Waals surface area contributed by atoms with Crippen LogP contribution in [-0.2, 0) is 9.59 Å². The van der Waals surface area contributed by atoms with Crippen molar-refractivity contribution in [2.75, 3.05) is 0 Å². The molecule has 0 saturated carbocycles. The third kappa shape index (κ3) is 6.58. The van der Waals surface area contributed by atoms with Gasteiger partial charge in [0, 0.05) is 11.4 Å². The van der Waals surface area contributed by atoms with Crippen molar-refractivity contribution < 1.29 is 19.4 Å². The third-order valence-corrected chi connectivity index (χ3v) is 4.08. The summed E-state index contributed by atoms with van der Waals surface area (Å²) in [5.41, 5.74) is 3.61. The zero-order chi connectivity index (χ0) is 19.8. The maximum Gasteiger partial charge on any atom is 0.303 e. The van der Waals surface area contributed by atoms with Crippen LogP contribution < -0.4 is 10.2 Å². The average Bonchev–Trinajstić information content (AvgIpc) is 2.64. The van der Waals surface area contributed by atoms with Crippen LogP contribution in [0.3, 0.4) is 0 Å². The lowest BCUT2D eigenvalue weighted by Crippen LogP contribution is -2.34. The highest BCUT2D eigenvalue weighted by Gasteiger charge is 2.16. The molecule has 0 aliphatic rings. The van der Waals surface area contributed by atoms with Crippen molar-refractivity contribution in [2.24, 2.45) is 5.10 Å². The Hall–Kier alpha value is -2.57. The largest absolute Gasteiger partial charge is 0.481 e. The van der Waals surface area contributed by atoms with Gasteiger partial charge in [0.25, 0.3) is 5.91 Å². The lowest BCUT2D eigenvalue weighted by atomic mass is 10.1. The van der Waals surface area contributed by atoms with Gasteiger partial charge in [0.2, 0.25) is 0 Å². The molecule has 142 valence electrons. The predicted octanol–water partition coefficient (Wildman–Crippen LogP) is 4.15. The minimum absolute atomic E-state index is 0.101. The molecule has 6 nitrogen and oxygen atoms in total. The lowest BCUT2D eigenvalue weighted by molar-refractivity contribution is -0.136. The molecule has 0 spiro atoms. The van der Waals surface area contributed by atoms with Gasteiger partial charge in [0.05, 0.1) is 17.2 Å². The molecule has 8 heteroatoms. The molecule has 0 saturated heterocycles. The van der Waals surface area contributed by atoms with Gasteiger partial charge in [-0.3, -0.25) is 9.59 Å². The van der Waals surface area contributed by atoms with Crippen molar-refractivity contribution in [3.05, 3.63) is 64.1 Å². The zero-order valence-corrected chi connectivity index (χ0v) is 16.0. The van der Waals surface area contributed by atoms with E-state index >= 15 is 0 Å². The van der Waals surface area contributed by atoms with Crippen LogP contribution >= 0.6 is 23.2 Å². The summed E-state index contributed by atoms with van der Waals surface area (Å²) in [6, 6.07) is 13.7. The number of nitrogens with one attached hydrogen (secondary N) is 1. The van der Waals surface area contributed by atoms with Crippen LogP contribution in [0.25, 0.3) is 0 Å². The second-order valence-corrected chi connectivity index (χ2v) is 6.47. The maximum atomic E-state index is 12.3. The average molecular weight is 409 g/mol. The molecule has 2 N–H and O–H groups in total. The molecule has 2 aromatic rings. The van der Waals surface area contributed by atoms with Crippen molar-refractivity contribution in [2.45, 2.75) is 25.9 Å². The molecule has 0 aliphatic heterocycles. The van der Waals surface area contributed by atoms with E-state index in [2.05, 4.69) is 10.5 Å². The van der Waals surface area contributed by atoms with Crippen molar-refractivity contribution >= 4 is 40.8 Å². The van der Waals surface area contributed by atoms with Crippen molar-refractivity contribution in [1.82, 2.24) is 5.43 Å².